The first kappa shape index (κ1) is 19.4. The lowest BCUT2D eigenvalue weighted by Gasteiger charge is -2.20. The maximum atomic E-state index is 12.6. The van der Waals surface area contributed by atoms with Crippen molar-refractivity contribution in [3.63, 3.8) is 0 Å². The van der Waals surface area contributed by atoms with E-state index in [0.717, 1.165) is 9.54 Å². The second kappa shape index (κ2) is 8.13. The van der Waals surface area contributed by atoms with Crippen LogP contribution in [0.5, 0.6) is 5.75 Å². The SMILES string of the molecule is CN(c1cccc(OCCc2ccc(C(=N)N)cc2)c1)S(=O)(=O)n1ccnc1. The Hall–Kier alpha value is -3.33. The van der Waals surface area contributed by atoms with Crippen molar-refractivity contribution in [3.8, 4) is 5.75 Å². The number of nitrogens with one attached hydrogen (secondary N) is 1. The first-order valence-electron chi connectivity index (χ1n) is 8.51. The number of ether oxygens (including phenoxy) is 1. The average Bonchev–Trinajstić information content (AvgIpc) is 3.24. The number of hydrogen-bond acceptors (Lipinski definition) is 5. The lowest BCUT2D eigenvalue weighted by molar-refractivity contribution is 0.322. The first-order valence-corrected chi connectivity index (χ1v) is 9.91. The molecule has 3 rings (SSSR count). The number of imidazole rings is 1. The number of aromatic nitrogens is 2. The van der Waals surface area contributed by atoms with Gasteiger partial charge in [-0.2, -0.15) is 8.42 Å². The fraction of sp³-hybridized carbons (Fsp3) is 0.158. The molecule has 0 bridgehead atoms. The Morgan fingerprint density at radius 3 is 2.64 bits per heavy atom. The van der Waals surface area contributed by atoms with Gasteiger partial charge in [0.2, 0.25) is 0 Å². The topological polar surface area (TPSA) is 114 Å². The van der Waals surface area contributed by atoms with Crippen molar-refractivity contribution in [3.05, 3.63) is 78.4 Å². The smallest absolute Gasteiger partial charge is 0.330 e. The monoisotopic (exact) mass is 399 g/mol. The Bertz CT molecular complexity index is 1050. The molecule has 0 fully saturated rings. The van der Waals surface area contributed by atoms with Crippen LogP contribution in [0.1, 0.15) is 11.1 Å². The van der Waals surface area contributed by atoms with Crippen LogP contribution in [0.2, 0.25) is 0 Å². The molecule has 0 aliphatic carbocycles. The summed E-state index contributed by atoms with van der Waals surface area (Å²) in [4.78, 5) is 3.78. The van der Waals surface area contributed by atoms with Gasteiger partial charge in [-0.15, -0.1) is 0 Å². The molecule has 0 unspecified atom stereocenters. The standard InChI is InChI=1S/C19H21N5O3S/c1-23(28(25,26)24-11-10-22-14-24)17-3-2-4-18(13-17)27-12-9-15-5-7-16(8-6-15)19(20)21/h2-8,10-11,13-14H,9,12H2,1H3,(H3,20,21). The number of nitrogens with zero attached hydrogens (tertiary/aromatic N) is 3. The van der Waals surface area contributed by atoms with Crippen molar-refractivity contribution in [1.29, 1.82) is 5.41 Å². The Morgan fingerprint density at radius 1 is 1.25 bits per heavy atom. The van der Waals surface area contributed by atoms with E-state index >= 15 is 0 Å². The molecule has 0 saturated heterocycles. The zero-order chi connectivity index (χ0) is 20.1. The van der Waals surface area contributed by atoms with Gasteiger partial charge in [-0.1, -0.05) is 30.3 Å². The van der Waals surface area contributed by atoms with Crippen molar-refractivity contribution >= 4 is 21.7 Å². The summed E-state index contributed by atoms with van der Waals surface area (Å²) in [6.45, 7) is 0.431. The summed E-state index contributed by atoms with van der Waals surface area (Å²) in [5, 5.41) is 7.40. The molecule has 0 saturated carbocycles. The van der Waals surface area contributed by atoms with E-state index in [2.05, 4.69) is 4.98 Å². The van der Waals surface area contributed by atoms with Gasteiger partial charge in [0, 0.05) is 37.5 Å². The average molecular weight is 399 g/mol. The minimum absolute atomic E-state index is 0.0365. The van der Waals surface area contributed by atoms with E-state index in [4.69, 9.17) is 15.9 Å². The third-order valence-electron chi connectivity index (χ3n) is 4.20. The van der Waals surface area contributed by atoms with Gasteiger partial charge in [0.15, 0.2) is 0 Å². The predicted octanol–water partition coefficient (Wildman–Crippen LogP) is 2.02. The van der Waals surface area contributed by atoms with E-state index < -0.39 is 10.2 Å². The van der Waals surface area contributed by atoms with Crippen molar-refractivity contribution < 1.29 is 13.2 Å². The number of benzene rings is 2. The van der Waals surface area contributed by atoms with Crippen LogP contribution in [0.15, 0.2) is 67.3 Å². The Kier molecular flexibility index (Phi) is 5.65. The van der Waals surface area contributed by atoms with Crippen LogP contribution < -0.4 is 14.8 Å². The minimum Gasteiger partial charge on any atom is -0.493 e. The van der Waals surface area contributed by atoms with Gasteiger partial charge in [-0.05, 0) is 17.7 Å². The fourth-order valence-electron chi connectivity index (χ4n) is 2.56. The molecule has 2 aromatic carbocycles. The highest BCUT2D eigenvalue weighted by Gasteiger charge is 2.20. The van der Waals surface area contributed by atoms with Gasteiger partial charge in [-0.25, -0.2) is 8.96 Å². The van der Waals surface area contributed by atoms with Gasteiger partial charge in [0.25, 0.3) is 0 Å². The lowest BCUT2D eigenvalue weighted by atomic mass is 10.1. The molecular formula is C19H21N5O3S. The summed E-state index contributed by atoms with van der Waals surface area (Å²) in [6, 6.07) is 14.3. The fourth-order valence-corrected chi connectivity index (χ4v) is 3.61. The zero-order valence-electron chi connectivity index (χ0n) is 15.3. The molecule has 3 N–H and O–H groups in total. The third kappa shape index (κ3) is 4.32. The van der Waals surface area contributed by atoms with Crippen molar-refractivity contribution in [2.24, 2.45) is 5.73 Å². The van der Waals surface area contributed by atoms with Crippen LogP contribution in [0.3, 0.4) is 0 Å². The van der Waals surface area contributed by atoms with Gasteiger partial charge < -0.3 is 10.5 Å². The van der Waals surface area contributed by atoms with E-state index in [9.17, 15) is 8.42 Å². The predicted molar refractivity (Wildman–Crippen MR) is 108 cm³/mol. The summed E-state index contributed by atoms with van der Waals surface area (Å²) in [6.07, 6.45) is 4.70. The molecule has 1 aromatic heterocycles. The van der Waals surface area contributed by atoms with E-state index in [1.165, 1.54) is 30.1 Å². The highest BCUT2D eigenvalue weighted by molar-refractivity contribution is 7.91. The molecule has 0 atom stereocenters. The summed E-state index contributed by atoms with van der Waals surface area (Å²) in [7, 11) is -2.26. The maximum Gasteiger partial charge on any atom is 0.330 e. The van der Waals surface area contributed by atoms with E-state index in [-0.39, 0.29) is 5.84 Å². The molecule has 1 heterocycles. The van der Waals surface area contributed by atoms with Gasteiger partial charge in [-0.3, -0.25) is 9.71 Å². The Labute approximate surface area is 163 Å². The summed E-state index contributed by atoms with van der Waals surface area (Å²) in [5.41, 5.74) is 7.67. The summed E-state index contributed by atoms with van der Waals surface area (Å²) in [5.74, 6) is 0.611. The van der Waals surface area contributed by atoms with Crippen LogP contribution in [-0.2, 0) is 16.6 Å². The molecule has 28 heavy (non-hydrogen) atoms. The van der Waals surface area contributed by atoms with Gasteiger partial charge >= 0.3 is 10.2 Å². The van der Waals surface area contributed by atoms with Crippen molar-refractivity contribution in [2.45, 2.75) is 6.42 Å². The number of anilines is 1. The quantitative estimate of drug-likeness (QED) is 0.444. The highest BCUT2D eigenvalue weighted by atomic mass is 32.2. The number of nitrogen functional groups attached to an aromatic ring is 1. The van der Waals surface area contributed by atoms with Gasteiger partial charge in [0.05, 0.1) is 12.3 Å². The Balaban J connectivity index is 1.64. The normalized spacial score (nSPS) is 11.2. The van der Waals surface area contributed by atoms with Crippen LogP contribution in [-0.4, -0.2) is 36.9 Å². The maximum absolute atomic E-state index is 12.6. The van der Waals surface area contributed by atoms with Gasteiger partial charge in [0.1, 0.15) is 17.9 Å². The number of nitrogens with two attached hydrogens (primary N) is 1. The second-order valence-electron chi connectivity index (χ2n) is 6.07. The molecule has 3 aromatic rings. The van der Waals surface area contributed by atoms with E-state index in [0.29, 0.717) is 30.0 Å². The number of hydrogen-bond donors (Lipinski definition) is 2. The molecule has 0 radical (unpaired) electrons. The van der Waals surface area contributed by atoms with E-state index in [1.54, 1.807) is 36.4 Å². The second-order valence-corrected chi connectivity index (χ2v) is 7.94. The van der Waals surface area contributed by atoms with E-state index in [1.807, 2.05) is 12.1 Å². The largest absolute Gasteiger partial charge is 0.493 e. The number of rotatable bonds is 8. The van der Waals surface area contributed by atoms with Crippen LogP contribution in [0, 0.1) is 5.41 Å². The Morgan fingerprint density at radius 2 is 2.00 bits per heavy atom. The molecule has 9 heteroatoms. The van der Waals surface area contributed by atoms with Crippen LogP contribution in [0.4, 0.5) is 5.69 Å². The lowest BCUT2D eigenvalue weighted by Crippen LogP contribution is -2.31. The zero-order valence-corrected chi connectivity index (χ0v) is 16.1. The first-order chi connectivity index (χ1) is 13.4. The van der Waals surface area contributed by atoms with Crippen molar-refractivity contribution in [1.82, 2.24) is 8.96 Å². The van der Waals surface area contributed by atoms with Crippen LogP contribution >= 0.6 is 0 Å². The van der Waals surface area contributed by atoms with Crippen LogP contribution in [0.25, 0.3) is 0 Å². The molecule has 0 amide bonds. The molecule has 0 spiro atoms. The number of amidine groups is 1. The van der Waals surface area contributed by atoms with Crippen molar-refractivity contribution in [2.75, 3.05) is 18.0 Å². The molecular weight excluding hydrogens is 378 g/mol. The minimum atomic E-state index is -3.74. The molecule has 8 nitrogen and oxygen atoms in total. The summed E-state index contributed by atoms with van der Waals surface area (Å²) < 4.78 is 33.1. The highest BCUT2D eigenvalue weighted by Crippen LogP contribution is 2.23. The summed E-state index contributed by atoms with van der Waals surface area (Å²) >= 11 is 0. The molecule has 146 valence electrons. The molecule has 0 aliphatic heterocycles. The third-order valence-corrected chi connectivity index (χ3v) is 5.85. The molecule has 0 aliphatic rings.